The highest BCUT2D eigenvalue weighted by Gasteiger charge is 1.84. The molecule has 0 rings (SSSR count). The van der Waals surface area contributed by atoms with E-state index >= 15 is 0 Å². The van der Waals surface area contributed by atoms with Crippen LogP contribution in [0, 0.1) is 59.2 Å². The van der Waals surface area contributed by atoms with Crippen molar-refractivity contribution in [1.29, 1.82) is 0 Å². The van der Waals surface area contributed by atoms with E-state index < -0.39 is 0 Å². The summed E-state index contributed by atoms with van der Waals surface area (Å²) in [7, 11) is 0. The van der Waals surface area contributed by atoms with E-state index in [1.807, 2.05) is 0 Å². The van der Waals surface area contributed by atoms with Gasteiger partial charge in [0.05, 0.1) is 0 Å². The molecule has 0 unspecified atom stereocenters. The second-order valence-corrected chi connectivity index (χ2v) is 2.31. The van der Waals surface area contributed by atoms with Gasteiger partial charge in [-0.1, -0.05) is 12.5 Å². The predicted molar refractivity (Wildman–Crippen MR) is 65.7 cm³/mol. The van der Waals surface area contributed by atoms with Crippen LogP contribution in [-0.4, -0.2) is 12.6 Å². The lowest BCUT2D eigenvalue weighted by Gasteiger charge is -1.89. The molecule has 0 heterocycles. The van der Waals surface area contributed by atoms with Gasteiger partial charge >= 0.3 is 5.97 Å². The van der Waals surface area contributed by atoms with Crippen LogP contribution in [0.5, 0.6) is 0 Å². The average molecular weight is 220 g/mol. The van der Waals surface area contributed by atoms with Gasteiger partial charge in [0.2, 0.25) is 0 Å². The number of hydrogen-bond acceptors (Lipinski definition) is 2. The van der Waals surface area contributed by atoms with Crippen molar-refractivity contribution < 1.29 is 9.53 Å². The van der Waals surface area contributed by atoms with Crippen molar-refractivity contribution in [3.05, 3.63) is 12.7 Å². The smallest absolute Gasteiger partial charge is 0.303 e. The van der Waals surface area contributed by atoms with Gasteiger partial charge in [0.1, 0.15) is 0 Å². The first kappa shape index (κ1) is 14.0. The molecule has 0 spiro atoms. The molecule has 0 aliphatic carbocycles. The highest BCUT2D eigenvalue weighted by Crippen LogP contribution is 1.71. The van der Waals surface area contributed by atoms with Crippen molar-refractivity contribution in [3.8, 4) is 59.2 Å². The van der Waals surface area contributed by atoms with Crippen molar-refractivity contribution in [1.82, 2.24) is 0 Å². The van der Waals surface area contributed by atoms with Crippen molar-refractivity contribution >= 4 is 5.97 Å². The molecule has 0 bridgehead atoms. The summed E-state index contributed by atoms with van der Waals surface area (Å²) in [5.41, 5.74) is 0. The van der Waals surface area contributed by atoms with Gasteiger partial charge in [-0.15, -0.1) is 0 Å². The van der Waals surface area contributed by atoms with E-state index in [1.165, 1.54) is 13.0 Å². The fraction of sp³-hybridized carbons (Fsp3) is 0.133. The Kier molecular flexibility index (Phi) is 9.14. The first-order chi connectivity index (χ1) is 8.27. The molecular formula is C15H8O2. The second-order valence-electron chi connectivity index (χ2n) is 2.31. The average Bonchev–Trinajstić information content (AvgIpc) is 2.30. The molecular weight excluding hydrogens is 212 g/mol. The molecule has 0 aromatic heterocycles. The summed E-state index contributed by atoms with van der Waals surface area (Å²) in [5, 5.41) is 0. The fourth-order valence-corrected chi connectivity index (χ4v) is 0.493. The first-order valence-electron chi connectivity index (χ1n) is 4.50. The first-order valence-corrected chi connectivity index (χ1v) is 4.50. The third-order valence-electron chi connectivity index (χ3n) is 1.05. The Morgan fingerprint density at radius 2 is 1.59 bits per heavy atom. The van der Waals surface area contributed by atoms with Crippen molar-refractivity contribution in [2.75, 3.05) is 6.61 Å². The van der Waals surface area contributed by atoms with Crippen LogP contribution in [-0.2, 0) is 9.53 Å². The predicted octanol–water partition coefficient (Wildman–Crippen LogP) is 0.752. The molecule has 0 fully saturated rings. The molecule has 0 saturated heterocycles. The Hall–Kier alpha value is -2.99. The van der Waals surface area contributed by atoms with Crippen LogP contribution in [0.3, 0.4) is 0 Å². The Bertz CT molecular complexity index is 582. The summed E-state index contributed by atoms with van der Waals surface area (Å²) in [6, 6.07) is 0. The van der Waals surface area contributed by atoms with Crippen LogP contribution < -0.4 is 0 Å². The maximum Gasteiger partial charge on any atom is 0.303 e. The van der Waals surface area contributed by atoms with E-state index in [9.17, 15) is 4.79 Å². The Morgan fingerprint density at radius 3 is 2.12 bits per heavy atom. The monoisotopic (exact) mass is 220 g/mol. The topological polar surface area (TPSA) is 26.3 Å². The lowest BCUT2D eigenvalue weighted by Crippen LogP contribution is -1.97. The van der Waals surface area contributed by atoms with Gasteiger partial charge in [-0.25, -0.2) is 0 Å². The minimum atomic E-state index is -0.372. The van der Waals surface area contributed by atoms with Crippen LogP contribution in [0.4, 0.5) is 0 Å². The van der Waals surface area contributed by atoms with Crippen LogP contribution in [0.2, 0.25) is 0 Å². The maximum absolute atomic E-state index is 10.3. The lowest BCUT2D eigenvalue weighted by atomic mass is 10.5. The van der Waals surface area contributed by atoms with Crippen LogP contribution in [0.25, 0.3) is 0 Å². The summed E-state index contributed by atoms with van der Waals surface area (Å²) in [4.78, 5) is 10.3. The molecule has 2 heteroatoms. The number of carbonyl (C=O) groups excluding carboxylic acids is 1. The van der Waals surface area contributed by atoms with Gasteiger partial charge in [-0.3, -0.25) is 4.79 Å². The number of esters is 1. The zero-order chi connectivity index (χ0) is 12.8. The van der Waals surface area contributed by atoms with Crippen LogP contribution in [0.1, 0.15) is 6.92 Å². The third-order valence-corrected chi connectivity index (χ3v) is 1.05. The molecule has 0 aromatic rings. The zero-order valence-electron chi connectivity index (χ0n) is 9.31. The summed E-state index contributed by atoms with van der Waals surface area (Å²) in [6.45, 7) is 4.76. The van der Waals surface area contributed by atoms with Gasteiger partial charge < -0.3 is 4.74 Å². The third kappa shape index (κ3) is 13.0. The van der Waals surface area contributed by atoms with Crippen molar-refractivity contribution in [3.63, 3.8) is 0 Å². The standard InChI is InChI=1S/C15H8O2/c1-3-4-5-6-7-8-9-10-11-12-13-14-17-15(2)16/h3H,1,14H2,2H3. The van der Waals surface area contributed by atoms with Gasteiger partial charge in [0, 0.05) is 6.92 Å². The molecule has 0 aliphatic heterocycles. The summed E-state index contributed by atoms with van der Waals surface area (Å²) in [5.74, 6) is 24.6. The minimum absolute atomic E-state index is 0.0361. The van der Waals surface area contributed by atoms with Crippen LogP contribution in [0.15, 0.2) is 12.7 Å². The van der Waals surface area contributed by atoms with E-state index in [0.717, 1.165) is 0 Å². The molecule has 2 nitrogen and oxygen atoms in total. The van der Waals surface area contributed by atoms with Crippen molar-refractivity contribution in [2.24, 2.45) is 0 Å². The normalized spacial score (nSPS) is 5.47. The number of carbonyl (C=O) groups is 1. The SMILES string of the molecule is C=CC#CC#CC#CC#CC#CCOC(C)=O. The molecule has 0 atom stereocenters. The summed E-state index contributed by atoms with van der Waals surface area (Å²) >= 11 is 0. The highest BCUT2D eigenvalue weighted by atomic mass is 16.5. The number of hydrogen-bond donors (Lipinski definition) is 0. The van der Waals surface area contributed by atoms with Gasteiger partial charge in [-0.05, 0) is 59.4 Å². The van der Waals surface area contributed by atoms with Crippen LogP contribution >= 0.6 is 0 Å². The number of allylic oxidation sites excluding steroid dienone is 1. The molecule has 0 aliphatic rings. The van der Waals surface area contributed by atoms with Crippen molar-refractivity contribution in [2.45, 2.75) is 6.92 Å². The largest absolute Gasteiger partial charge is 0.453 e. The summed E-state index contributed by atoms with van der Waals surface area (Å²) in [6.07, 6.45) is 1.45. The lowest BCUT2D eigenvalue weighted by molar-refractivity contribution is -0.139. The zero-order valence-corrected chi connectivity index (χ0v) is 9.31. The van der Waals surface area contributed by atoms with E-state index in [4.69, 9.17) is 0 Å². The summed E-state index contributed by atoms with van der Waals surface area (Å²) < 4.78 is 4.56. The molecule has 0 radical (unpaired) electrons. The maximum atomic E-state index is 10.3. The van der Waals surface area contributed by atoms with Gasteiger partial charge in [0.15, 0.2) is 6.61 Å². The Labute approximate surface area is 101 Å². The minimum Gasteiger partial charge on any atom is -0.453 e. The Morgan fingerprint density at radius 1 is 1.06 bits per heavy atom. The molecule has 17 heavy (non-hydrogen) atoms. The fourth-order valence-electron chi connectivity index (χ4n) is 0.493. The van der Waals surface area contributed by atoms with E-state index in [-0.39, 0.29) is 12.6 Å². The Balaban J connectivity index is 4.03. The molecule has 0 amide bonds. The molecule has 0 N–H and O–H groups in total. The molecule has 0 aromatic carbocycles. The van der Waals surface area contributed by atoms with E-state index in [1.54, 1.807) is 0 Å². The number of ether oxygens (including phenoxy) is 1. The van der Waals surface area contributed by atoms with Gasteiger partial charge in [-0.2, -0.15) is 0 Å². The number of rotatable bonds is 1. The van der Waals surface area contributed by atoms with E-state index in [2.05, 4.69) is 70.5 Å². The molecule has 80 valence electrons. The molecule has 0 saturated carbocycles. The quantitative estimate of drug-likeness (QED) is 0.481. The van der Waals surface area contributed by atoms with E-state index in [0.29, 0.717) is 0 Å². The second kappa shape index (κ2) is 11.1. The highest BCUT2D eigenvalue weighted by molar-refractivity contribution is 5.66. The van der Waals surface area contributed by atoms with Gasteiger partial charge in [0.25, 0.3) is 0 Å².